The third-order valence-corrected chi connectivity index (χ3v) is 21.2. The summed E-state index contributed by atoms with van der Waals surface area (Å²) < 4.78 is 116. The van der Waals surface area contributed by atoms with E-state index in [1.165, 1.54) is 52.7 Å². The fourth-order valence-corrected chi connectivity index (χ4v) is 14.0. The van der Waals surface area contributed by atoms with E-state index in [0.29, 0.717) is 163 Å². The minimum Gasteiger partial charge on any atom is -0.493 e. The molecule has 0 saturated carbocycles. The SMILES string of the molecule is COC(=O)/C=C/c1ccc(OCCCCCCOc2cc(COc3cc(OCc4cc(OCCCCCCOc5ccc(/C=C/C(=O)OC)cc5OC)cc(OCCCCCCOc5ccc(/C=C/C(=O)OC)cc5OC)c4)cc(C(=O)OCCCCCCCCCCCOC(=O)c4cc(N)cc(N)c4)c3)cc(OCCCCCCOc3ccc(/C=C/C(=O)OC)cc3OC)c2)c(OC)c1. The fourth-order valence-electron chi connectivity index (χ4n) is 14.0. The Morgan fingerprint density at radius 2 is 0.452 bits per heavy atom. The monoisotopic (exact) mass is 1860 g/mol. The van der Waals surface area contributed by atoms with E-state index in [4.69, 9.17) is 106 Å². The van der Waals surface area contributed by atoms with Gasteiger partial charge in [0.05, 0.1) is 134 Å². The number of hydrogen-bond acceptors (Lipinski definition) is 28. The molecule has 0 atom stereocenters. The molecule has 8 aromatic carbocycles. The van der Waals surface area contributed by atoms with Crippen molar-refractivity contribution in [3.8, 4) is 80.5 Å². The normalized spacial score (nSPS) is 11.1. The summed E-state index contributed by atoms with van der Waals surface area (Å²) >= 11 is 0. The number of esters is 6. The molecule has 0 amide bonds. The zero-order chi connectivity index (χ0) is 96.3. The average molecular weight is 1860 g/mol. The molecule has 0 aliphatic heterocycles. The molecule has 4 N–H and O–H groups in total. The molecule has 0 spiro atoms. The lowest BCUT2D eigenvalue weighted by Gasteiger charge is -2.16. The van der Waals surface area contributed by atoms with Crippen molar-refractivity contribution in [1.82, 2.24) is 0 Å². The van der Waals surface area contributed by atoms with Crippen molar-refractivity contribution in [2.75, 3.05) is 134 Å². The Morgan fingerprint density at radius 3 is 0.696 bits per heavy atom. The molecule has 0 unspecified atom stereocenters. The maximum Gasteiger partial charge on any atom is 0.338 e. The van der Waals surface area contributed by atoms with Gasteiger partial charge in [-0.1, -0.05) is 69.2 Å². The minimum atomic E-state index is -0.531. The van der Waals surface area contributed by atoms with Crippen molar-refractivity contribution in [2.24, 2.45) is 0 Å². The zero-order valence-corrected chi connectivity index (χ0v) is 79.4. The molecule has 728 valence electrons. The third kappa shape index (κ3) is 42.0. The number of benzene rings is 8. The molecule has 0 bridgehead atoms. The quantitative estimate of drug-likeness (QED) is 0.0118. The van der Waals surface area contributed by atoms with Crippen molar-refractivity contribution in [3.63, 3.8) is 0 Å². The third-order valence-electron chi connectivity index (χ3n) is 21.2. The topological polar surface area (TPSA) is 339 Å². The molecule has 28 heteroatoms. The summed E-state index contributed by atoms with van der Waals surface area (Å²) in [5.74, 6) is 4.96. The molecule has 135 heavy (non-hydrogen) atoms. The molecule has 0 aromatic heterocycles. The van der Waals surface area contributed by atoms with Gasteiger partial charge < -0.3 is 106 Å². The number of nitrogen functional groups attached to an aromatic ring is 2. The van der Waals surface area contributed by atoms with Crippen LogP contribution in [0.25, 0.3) is 24.3 Å². The minimum absolute atomic E-state index is 0.0620. The number of methoxy groups -OCH3 is 8. The number of anilines is 2. The van der Waals surface area contributed by atoms with Gasteiger partial charge in [0.15, 0.2) is 46.0 Å². The average Bonchev–Trinajstić information content (AvgIpc) is 0.829. The van der Waals surface area contributed by atoms with Gasteiger partial charge >= 0.3 is 35.8 Å². The standard InChI is InChI=1S/C107H134N2O26/c1-116-98-64-78(38-46-102(110)120-5)34-42-94(98)128-54-28-20-16-24-50-124-88-60-82(61-89(73-88)125-51-25-17-21-29-55-129-95-43-35-79(65-99(95)117-2)39-47-103(111)121-6)76-134-92-70-85(107(115)133-59-33-15-13-11-9-10-12-14-32-58-132-106(114)84-68-86(108)72-87(109)69-84)71-93(75-92)135-77-83-62-90(126-52-26-18-22-30-56-130-96-44-36-80(66-100(96)118-3)40-48-104(112)122-7)74-91(63-83)127-53-27-19-23-31-57-131-97-45-37-81(67-101(97)119-4)41-49-105(113)123-8/h34-49,60-75H,9-33,50-59,76-77,108-109H2,1-8H3/b46-38+,47-39+,48-40+,49-41+. The summed E-state index contributed by atoms with van der Waals surface area (Å²) in [6, 6.07) is 43.2. The Hall–Kier alpha value is -13.7. The highest BCUT2D eigenvalue weighted by Gasteiger charge is 2.18. The Kier molecular flexibility index (Phi) is 49.5. The Labute approximate surface area is 794 Å². The molecule has 0 saturated heterocycles. The number of rotatable bonds is 68. The summed E-state index contributed by atoms with van der Waals surface area (Å²) in [4.78, 5) is 73.6. The van der Waals surface area contributed by atoms with Gasteiger partial charge in [0.1, 0.15) is 47.7 Å². The Morgan fingerprint density at radius 1 is 0.230 bits per heavy atom. The van der Waals surface area contributed by atoms with Crippen LogP contribution in [0.4, 0.5) is 11.4 Å². The van der Waals surface area contributed by atoms with Crippen LogP contribution in [0.15, 0.2) is 170 Å². The second-order valence-electron chi connectivity index (χ2n) is 31.7. The van der Waals surface area contributed by atoms with E-state index in [9.17, 15) is 28.8 Å². The number of nitrogens with two attached hydrogens (primary N) is 2. The maximum atomic E-state index is 14.3. The lowest BCUT2D eigenvalue weighted by Crippen LogP contribution is -2.08. The molecule has 8 rings (SSSR count). The van der Waals surface area contributed by atoms with Gasteiger partial charge in [0.2, 0.25) is 0 Å². The highest BCUT2D eigenvalue weighted by Crippen LogP contribution is 2.36. The first-order valence-corrected chi connectivity index (χ1v) is 46.3. The lowest BCUT2D eigenvalue weighted by molar-refractivity contribution is -0.135. The van der Waals surface area contributed by atoms with Crippen molar-refractivity contribution in [1.29, 1.82) is 0 Å². The van der Waals surface area contributed by atoms with E-state index in [1.54, 1.807) is 113 Å². The Bertz CT molecular complexity index is 4580. The predicted molar refractivity (Wildman–Crippen MR) is 519 cm³/mol. The number of carbonyl (C=O) groups excluding carboxylic acids is 6. The second kappa shape index (κ2) is 62.7. The zero-order valence-electron chi connectivity index (χ0n) is 79.4. The van der Waals surface area contributed by atoms with Gasteiger partial charge in [-0.3, -0.25) is 0 Å². The van der Waals surface area contributed by atoms with Crippen LogP contribution in [0, 0.1) is 0 Å². The summed E-state index contributed by atoms with van der Waals surface area (Å²) in [6.07, 6.45) is 33.7. The number of carbonyl (C=O) groups is 6. The molecule has 0 fully saturated rings. The molecule has 0 radical (unpaired) electrons. The van der Waals surface area contributed by atoms with E-state index in [1.807, 2.05) is 84.9 Å². The van der Waals surface area contributed by atoms with Crippen LogP contribution < -0.4 is 77.8 Å². The molecule has 0 aliphatic carbocycles. The first-order chi connectivity index (χ1) is 65.9. The van der Waals surface area contributed by atoms with E-state index >= 15 is 0 Å². The van der Waals surface area contributed by atoms with Crippen LogP contribution in [0.5, 0.6) is 80.5 Å². The van der Waals surface area contributed by atoms with Gasteiger partial charge in [-0.15, -0.1) is 0 Å². The highest BCUT2D eigenvalue weighted by atomic mass is 16.6. The lowest BCUT2D eigenvalue weighted by atomic mass is 10.1. The van der Waals surface area contributed by atoms with E-state index < -0.39 is 35.8 Å². The first-order valence-electron chi connectivity index (χ1n) is 46.3. The Balaban J connectivity index is 0.933. The molecule has 28 nitrogen and oxygen atoms in total. The van der Waals surface area contributed by atoms with Gasteiger partial charge in [-0.05, 0) is 276 Å². The molecular formula is C107H134N2O26. The van der Waals surface area contributed by atoms with Crippen molar-refractivity contribution < 1.29 is 124 Å². The number of hydrogen-bond donors (Lipinski definition) is 2. The molecule has 8 aromatic rings. The van der Waals surface area contributed by atoms with Crippen LogP contribution in [-0.4, -0.2) is 159 Å². The summed E-state index contributed by atoms with van der Waals surface area (Å²) in [5.41, 5.74) is 17.7. The molecule has 0 aliphatic rings. The predicted octanol–water partition coefficient (Wildman–Crippen LogP) is 21.4. The van der Waals surface area contributed by atoms with Gasteiger partial charge in [0, 0.05) is 53.9 Å². The van der Waals surface area contributed by atoms with Crippen LogP contribution >= 0.6 is 0 Å². The van der Waals surface area contributed by atoms with Crippen LogP contribution in [0.2, 0.25) is 0 Å². The van der Waals surface area contributed by atoms with Crippen molar-refractivity contribution in [3.05, 3.63) is 214 Å². The van der Waals surface area contributed by atoms with Crippen molar-refractivity contribution in [2.45, 2.75) is 174 Å². The van der Waals surface area contributed by atoms with E-state index in [2.05, 4.69) is 0 Å². The van der Waals surface area contributed by atoms with E-state index in [0.717, 1.165) is 187 Å². The van der Waals surface area contributed by atoms with E-state index in [-0.39, 0.29) is 25.4 Å². The summed E-state index contributed by atoms with van der Waals surface area (Å²) in [7, 11) is 11.6. The van der Waals surface area contributed by atoms with Crippen molar-refractivity contribution >= 4 is 71.5 Å². The van der Waals surface area contributed by atoms with Gasteiger partial charge in [-0.25, -0.2) is 28.8 Å². The van der Waals surface area contributed by atoms with Crippen LogP contribution in [0.3, 0.4) is 0 Å². The number of unbranched alkanes of at least 4 members (excludes halogenated alkanes) is 20. The fraction of sp³-hybridized carbons (Fsp3) is 0.421. The van der Waals surface area contributed by atoms with Crippen LogP contribution in [-0.2, 0) is 60.8 Å². The summed E-state index contributed by atoms with van der Waals surface area (Å²) in [6.45, 7) is 4.31. The maximum absolute atomic E-state index is 14.3. The van der Waals surface area contributed by atoms with Crippen LogP contribution in [0.1, 0.15) is 215 Å². The second-order valence-corrected chi connectivity index (χ2v) is 31.7. The largest absolute Gasteiger partial charge is 0.493 e. The smallest absolute Gasteiger partial charge is 0.338 e. The number of ether oxygens (including phenoxy) is 20. The van der Waals surface area contributed by atoms with Gasteiger partial charge in [-0.2, -0.15) is 0 Å². The molecule has 0 heterocycles. The summed E-state index contributed by atoms with van der Waals surface area (Å²) in [5, 5.41) is 0. The van der Waals surface area contributed by atoms with Gasteiger partial charge in [0.25, 0.3) is 0 Å². The first kappa shape index (κ1) is 107. The molecular weight excluding hydrogens is 1730 g/mol. The highest BCUT2D eigenvalue weighted by molar-refractivity contribution is 5.92.